The zero-order chi connectivity index (χ0) is 15.2. The molecule has 1 aromatic heterocycles. The van der Waals surface area contributed by atoms with Crippen molar-refractivity contribution in [2.45, 2.75) is 20.0 Å². The molecular formula is C9H12ClF3N3O3+. The predicted molar refractivity (Wildman–Crippen MR) is 61.4 cm³/mol. The number of pyridine rings is 1. The second kappa shape index (κ2) is 6.98. The van der Waals surface area contributed by atoms with Gasteiger partial charge in [-0.15, -0.1) is 0 Å². The van der Waals surface area contributed by atoms with E-state index >= 15 is 0 Å². The van der Waals surface area contributed by atoms with Gasteiger partial charge in [0.1, 0.15) is 12.6 Å². The Labute approximate surface area is 111 Å². The molecule has 0 saturated carbocycles. The van der Waals surface area contributed by atoms with Gasteiger partial charge >= 0.3 is 17.0 Å². The molecule has 10 heteroatoms. The number of alkyl halides is 3. The number of nitrogens with one attached hydrogen (secondary N) is 1. The Kier molecular flexibility index (Phi) is 6.33. The normalized spacial score (nSPS) is 10.4. The van der Waals surface area contributed by atoms with E-state index in [1.54, 1.807) is 5.32 Å². The summed E-state index contributed by atoms with van der Waals surface area (Å²) in [5, 5.41) is 21.0. The van der Waals surface area contributed by atoms with Crippen molar-refractivity contribution in [2.75, 3.05) is 11.9 Å². The van der Waals surface area contributed by atoms with Crippen LogP contribution in [0.5, 0.6) is 0 Å². The van der Waals surface area contributed by atoms with Gasteiger partial charge in [0.25, 0.3) is 6.20 Å². The minimum atomic E-state index is -4.53. The Balaban J connectivity index is 0.00000154. The first kappa shape index (κ1) is 17.2. The van der Waals surface area contributed by atoms with Crippen molar-refractivity contribution >= 4 is 23.0 Å². The standard InChI is InChI=1S/C7H6ClF3N3O3.C2H6/c8-6-1-5(14(16)17)4(2-13(6)15)12-3-7(9,10)11;1-2/h1-2,12,15H,3H2;1-2H3/q+1;. The van der Waals surface area contributed by atoms with Gasteiger partial charge in [0.05, 0.1) is 4.92 Å². The number of hydrogen-bond donors (Lipinski definition) is 2. The van der Waals surface area contributed by atoms with Crippen LogP contribution >= 0.6 is 11.6 Å². The second-order valence-electron chi connectivity index (χ2n) is 2.97. The fourth-order valence-corrected chi connectivity index (χ4v) is 1.14. The molecule has 19 heavy (non-hydrogen) atoms. The van der Waals surface area contributed by atoms with E-state index in [1.165, 1.54) is 0 Å². The molecule has 1 heterocycles. The highest BCUT2D eigenvalue weighted by molar-refractivity contribution is 6.28. The minimum absolute atomic E-state index is 0.271. The van der Waals surface area contributed by atoms with Crippen LogP contribution in [0.25, 0.3) is 0 Å². The minimum Gasteiger partial charge on any atom is -0.366 e. The van der Waals surface area contributed by atoms with Crippen LogP contribution in [0.15, 0.2) is 12.3 Å². The Morgan fingerprint density at radius 2 is 2.05 bits per heavy atom. The van der Waals surface area contributed by atoms with E-state index in [4.69, 9.17) is 16.8 Å². The summed E-state index contributed by atoms with van der Waals surface area (Å²) in [6.45, 7) is 2.54. The maximum atomic E-state index is 11.9. The van der Waals surface area contributed by atoms with Crippen LogP contribution in [-0.2, 0) is 0 Å². The van der Waals surface area contributed by atoms with E-state index in [0.717, 1.165) is 6.07 Å². The van der Waals surface area contributed by atoms with Gasteiger partial charge in [-0.25, -0.2) is 0 Å². The molecule has 0 radical (unpaired) electrons. The number of rotatable bonds is 3. The summed E-state index contributed by atoms with van der Waals surface area (Å²) in [4.78, 5) is 9.63. The lowest BCUT2D eigenvalue weighted by Gasteiger charge is -2.08. The third-order valence-electron chi connectivity index (χ3n) is 1.68. The van der Waals surface area contributed by atoms with Crippen molar-refractivity contribution in [2.24, 2.45) is 0 Å². The van der Waals surface area contributed by atoms with Gasteiger partial charge in [0.2, 0.25) is 0 Å². The molecule has 0 fully saturated rings. The van der Waals surface area contributed by atoms with Crippen LogP contribution in [-0.4, -0.2) is 22.9 Å². The van der Waals surface area contributed by atoms with Crippen LogP contribution < -0.4 is 10.0 Å². The predicted octanol–water partition coefficient (Wildman–Crippen LogP) is 2.77. The molecule has 0 aliphatic carbocycles. The molecular weight excluding hydrogens is 291 g/mol. The smallest absolute Gasteiger partial charge is 0.366 e. The van der Waals surface area contributed by atoms with E-state index in [-0.39, 0.29) is 4.73 Å². The number of halogens is 4. The van der Waals surface area contributed by atoms with Gasteiger partial charge in [-0.2, -0.15) is 13.2 Å². The van der Waals surface area contributed by atoms with Gasteiger partial charge in [0.15, 0.2) is 5.69 Å². The zero-order valence-corrected chi connectivity index (χ0v) is 10.8. The fourth-order valence-electron chi connectivity index (χ4n) is 0.989. The summed E-state index contributed by atoms with van der Waals surface area (Å²) in [7, 11) is 0. The molecule has 0 saturated heterocycles. The highest BCUT2D eigenvalue weighted by Gasteiger charge is 2.30. The molecule has 1 aromatic rings. The lowest BCUT2D eigenvalue weighted by atomic mass is 10.3. The number of nitrogens with zero attached hydrogens (tertiary/aromatic N) is 2. The van der Waals surface area contributed by atoms with Gasteiger partial charge in [0, 0.05) is 4.73 Å². The molecule has 6 nitrogen and oxygen atoms in total. The number of anilines is 1. The third kappa shape index (κ3) is 5.60. The molecule has 0 spiro atoms. The topological polar surface area (TPSA) is 79.3 Å². The van der Waals surface area contributed by atoms with Crippen molar-refractivity contribution in [3.63, 3.8) is 0 Å². The van der Waals surface area contributed by atoms with Gasteiger partial charge in [-0.05, 0) is 11.6 Å². The molecule has 0 atom stereocenters. The summed E-state index contributed by atoms with van der Waals surface area (Å²) < 4.78 is 36.0. The van der Waals surface area contributed by atoms with E-state index in [2.05, 4.69) is 0 Å². The molecule has 0 bridgehead atoms. The van der Waals surface area contributed by atoms with Crippen molar-refractivity contribution in [3.8, 4) is 0 Å². The Bertz CT molecular complexity index is 454. The quantitative estimate of drug-likeness (QED) is 0.296. The highest BCUT2D eigenvalue weighted by Crippen LogP contribution is 2.26. The van der Waals surface area contributed by atoms with Crippen LogP contribution in [0.3, 0.4) is 0 Å². The molecule has 0 unspecified atom stereocenters. The van der Waals surface area contributed by atoms with Crippen molar-refractivity contribution in [1.29, 1.82) is 0 Å². The Hall–Kier alpha value is -1.77. The largest absolute Gasteiger partial charge is 0.405 e. The summed E-state index contributed by atoms with van der Waals surface area (Å²) in [6.07, 6.45) is -3.85. The Morgan fingerprint density at radius 1 is 1.53 bits per heavy atom. The molecule has 0 aliphatic heterocycles. The molecule has 108 valence electrons. The van der Waals surface area contributed by atoms with E-state index < -0.39 is 34.2 Å². The van der Waals surface area contributed by atoms with Crippen LogP contribution in [0.2, 0.25) is 5.15 Å². The molecule has 2 N–H and O–H groups in total. The molecule has 0 amide bonds. The average molecular weight is 303 g/mol. The third-order valence-corrected chi connectivity index (χ3v) is 1.96. The summed E-state index contributed by atoms with van der Waals surface area (Å²) in [6, 6.07) is 0.736. The lowest BCUT2D eigenvalue weighted by molar-refractivity contribution is -0.902. The highest BCUT2D eigenvalue weighted by atomic mass is 35.5. The maximum absolute atomic E-state index is 11.9. The van der Waals surface area contributed by atoms with Gasteiger partial charge in [-0.3, -0.25) is 15.3 Å². The first-order chi connectivity index (χ1) is 8.70. The SMILES string of the molecule is CC.O=[N+]([O-])c1cc(Cl)[n+](O)cc1NCC(F)(F)F. The summed E-state index contributed by atoms with van der Waals surface area (Å²) in [5.41, 5.74) is -1.15. The summed E-state index contributed by atoms with van der Waals surface area (Å²) >= 11 is 5.38. The van der Waals surface area contributed by atoms with Gasteiger partial charge in [-0.1, -0.05) is 13.8 Å². The number of hydrogen-bond acceptors (Lipinski definition) is 4. The molecule has 0 aliphatic rings. The number of nitro groups is 1. The fraction of sp³-hybridized carbons (Fsp3) is 0.444. The average Bonchev–Trinajstić information content (AvgIpc) is 2.31. The van der Waals surface area contributed by atoms with E-state index in [0.29, 0.717) is 6.20 Å². The monoisotopic (exact) mass is 302 g/mol. The van der Waals surface area contributed by atoms with Crippen molar-refractivity contribution in [1.82, 2.24) is 0 Å². The Morgan fingerprint density at radius 3 is 2.47 bits per heavy atom. The molecule has 1 rings (SSSR count). The lowest BCUT2D eigenvalue weighted by Crippen LogP contribution is -2.32. The molecule has 0 aromatic carbocycles. The maximum Gasteiger partial charge on any atom is 0.405 e. The zero-order valence-electron chi connectivity index (χ0n) is 10.0. The first-order valence-corrected chi connectivity index (χ1v) is 5.48. The van der Waals surface area contributed by atoms with Crippen molar-refractivity contribution in [3.05, 3.63) is 27.5 Å². The van der Waals surface area contributed by atoms with Gasteiger partial charge < -0.3 is 5.32 Å². The van der Waals surface area contributed by atoms with Crippen molar-refractivity contribution < 1.29 is 28.0 Å². The first-order valence-electron chi connectivity index (χ1n) is 5.10. The summed E-state index contributed by atoms with van der Waals surface area (Å²) in [5.74, 6) is 0. The van der Waals surface area contributed by atoms with Crippen LogP contribution in [0, 0.1) is 10.1 Å². The number of aromatic nitrogens is 1. The van der Waals surface area contributed by atoms with Crippen LogP contribution in [0.4, 0.5) is 24.5 Å². The van der Waals surface area contributed by atoms with Crippen LogP contribution in [0.1, 0.15) is 13.8 Å². The second-order valence-corrected chi connectivity index (χ2v) is 3.35. The van der Waals surface area contributed by atoms with E-state index in [1.807, 2.05) is 13.8 Å². The van der Waals surface area contributed by atoms with E-state index in [9.17, 15) is 23.3 Å².